The topological polar surface area (TPSA) is 86.7 Å². The lowest BCUT2D eigenvalue weighted by Crippen LogP contribution is -2.29. The lowest BCUT2D eigenvalue weighted by Gasteiger charge is -2.16. The molecule has 17 heavy (non-hydrogen) atoms. The number of hydrogen-bond donors (Lipinski definition) is 2. The molecule has 0 atom stereocenters. The molecule has 1 saturated heterocycles. The molecule has 2 amide bonds. The van der Waals surface area contributed by atoms with Gasteiger partial charge in [-0.1, -0.05) is 12.1 Å². The van der Waals surface area contributed by atoms with E-state index in [0.29, 0.717) is 18.8 Å². The number of anilines is 1. The molecule has 1 aliphatic heterocycles. The highest BCUT2D eigenvalue weighted by Crippen LogP contribution is 2.22. The Labute approximate surface area is 96.8 Å². The standard InChI is InChI=1S/C11H10N2O4/c14-9(10(15)16)7-3-1-2-4-8(7)13-6-5-12-11(13)17/h1-4H,5-6H2,(H,12,17)(H,15,16). The van der Waals surface area contributed by atoms with Gasteiger partial charge >= 0.3 is 12.0 Å². The molecule has 1 fully saturated rings. The first-order valence-corrected chi connectivity index (χ1v) is 5.03. The number of carboxylic acids is 1. The van der Waals surface area contributed by atoms with E-state index >= 15 is 0 Å². The van der Waals surface area contributed by atoms with Crippen LogP contribution in [0.4, 0.5) is 10.5 Å². The number of aliphatic carboxylic acids is 1. The Morgan fingerprint density at radius 3 is 2.59 bits per heavy atom. The van der Waals surface area contributed by atoms with Crippen molar-refractivity contribution in [3.05, 3.63) is 29.8 Å². The van der Waals surface area contributed by atoms with Gasteiger partial charge in [0.15, 0.2) is 0 Å². The summed E-state index contributed by atoms with van der Waals surface area (Å²) in [5.41, 5.74) is 0.354. The minimum Gasteiger partial charge on any atom is -0.475 e. The molecule has 0 bridgehead atoms. The fourth-order valence-electron chi connectivity index (χ4n) is 1.72. The van der Waals surface area contributed by atoms with Crippen LogP contribution >= 0.6 is 0 Å². The van der Waals surface area contributed by atoms with Crippen LogP contribution < -0.4 is 10.2 Å². The average molecular weight is 234 g/mol. The van der Waals surface area contributed by atoms with Gasteiger partial charge in [0.2, 0.25) is 0 Å². The largest absolute Gasteiger partial charge is 0.475 e. The summed E-state index contributed by atoms with van der Waals surface area (Å²) in [6, 6.07) is 5.85. The molecular formula is C11H10N2O4. The number of ketones is 1. The molecule has 1 aromatic carbocycles. The van der Waals surface area contributed by atoms with Gasteiger partial charge < -0.3 is 10.4 Å². The molecule has 88 valence electrons. The van der Waals surface area contributed by atoms with Crippen LogP contribution in [0.25, 0.3) is 0 Å². The number of rotatable bonds is 3. The van der Waals surface area contributed by atoms with Gasteiger partial charge in [-0.05, 0) is 12.1 Å². The quantitative estimate of drug-likeness (QED) is 0.588. The number of carboxylic acid groups (broad SMARTS) is 1. The molecule has 0 unspecified atom stereocenters. The third-order valence-electron chi connectivity index (χ3n) is 2.49. The maximum atomic E-state index is 11.5. The van der Waals surface area contributed by atoms with E-state index in [1.165, 1.54) is 11.0 Å². The van der Waals surface area contributed by atoms with E-state index in [4.69, 9.17) is 5.11 Å². The molecule has 1 heterocycles. The summed E-state index contributed by atoms with van der Waals surface area (Å²) in [6.07, 6.45) is 0. The summed E-state index contributed by atoms with van der Waals surface area (Å²) in [7, 11) is 0. The van der Waals surface area contributed by atoms with Crippen molar-refractivity contribution in [1.82, 2.24) is 5.32 Å². The zero-order chi connectivity index (χ0) is 12.4. The van der Waals surface area contributed by atoms with Gasteiger partial charge in [-0.3, -0.25) is 9.69 Å². The Hall–Kier alpha value is -2.37. The first kappa shape index (κ1) is 11.1. The van der Waals surface area contributed by atoms with Crippen LogP contribution in [-0.2, 0) is 4.79 Å². The Balaban J connectivity index is 2.43. The smallest absolute Gasteiger partial charge is 0.377 e. The van der Waals surface area contributed by atoms with Crippen LogP contribution in [0.15, 0.2) is 24.3 Å². The molecule has 0 aliphatic carbocycles. The summed E-state index contributed by atoms with van der Waals surface area (Å²) in [5, 5.41) is 11.3. The van der Waals surface area contributed by atoms with Crippen LogP contribution in [0, 0.1) is 0 Å². The molecule has 0 saturated carbocycles. The van der Waals surface area contributed by atoms with E-state index in [0.717, 1.165) is 0 Å². The second-order valence-corrected chi connectivity index (χ2v) is 3.53. The Morgan fingerprint density at radius 1 is 1.29 bits per heavy atom. The van der Waals surface area contributed by atoms with Gasteiger partial charge in [-0.15, -0.1) is 0 Å². The number of nitrogens with one attached hydrogen (secondary N) is 1. The number of para-hydroxylation sites is 1. The molecule has 0 radical (unpaired) electrons. The van der Waals surface area contributed by atoms with E-state index in [9.17, 15) is 14.4 Å². The molecule has 0 spiro atoms. The van der Waals surface area contributed by atoms with Crippen molar-refractivity contribution in [3.8, 4) is 0 Å². The zero-order valence-electron chi connectivity index (χ0n) is 8.84. The number of urea groups is 1. The summed E-state index contributed by atoms with van der Waals surface area (Å²) >= 11 is 0. The maximum absolute atomic E-state index is 11.5. The van der Waals surface area contributed by atoms with E-state index < -0.39 is 11.8 Å². The third kappa shape index (κ3) is 1.96. The zero-order valence-corrected chi connectivity index (χ0v) is 8.84. The fourth-order valence-corrected chi connectivity index (χ4v) is 1.72. The monoisotopic (exact) mass is 234 g/mol. The number of nitrogens with zero attached hydrogens (tertiary/aromatic N) is 1. The lowest BCUT2D eigenvalue weighted by molar-refractivity contribution is -0.131. The van der Waals surface area contributed by atoms with Gasteiger partial charge in [0.1, 0.15) is 0 Å². The van der Waals surface area contributed by atoms with Gasteiger partial charge in [0.25, 0.3) is 5.78 Å². The van der Waals surface area contributed by atoms with Gasteiger partial charge in [0.05, 0.1) is 11.3 Å². The Kier molecular flexibility index (Phi) is 2.78. The lowest BCUT2D eigenvalue weighted by atomic mass is 10.1. The number of carbonyl (C=O) groups is 3. The van der Waals surface area contributed by atoms with Crippen molar-refractivity contribution in [3.63, 3.8) is 0 Å². The van der Waals surface area contributed by atoms with E-state index in [1.54, 1.807) is 18.2 Å². The van der Waals surface area contributed by atoms with Crippen molar-refractivity contribution in [2.45, 2.75) is 0 Å². The molecule has 1 aliphatic rings. The molecule has 2 rings (SSSR count). The van der Waals surface area contributed by atoms with E-state index in [2.05, 4.69) is 5.32 Å². The highest BCUT2D eigenvalue weighted by atomic mass is 16.4. The Bertz CT molecular complexity index is 498. The molecule has 0 aromatic heterocycles. The van der Waals surface area contributed by atoms with Gasteiger partial charge in [-0.2, -0.15) is 0 Å². The first-order chi connectivity index (χ1) is 8.11. The second-order valence-electron chi connectivity index (χ2n) is 3.53. The minimum absolute atomic E-state index is 0.0250. The van der Waals surface area contributed by atoms with Crippen LogP contribution in [0.1, 0.15) is 10.4 Å². The first-order valence-electron chi connectivity index (χ1n) is 5.03. The SMILES string of the molecule is O=C(O)C(=O)c1ccccc1N1CCNC1=O. The highest BCUT2D eigenvalue weighted by Gasteiger charge is 2.27. The van der Waals surface area contributed by atoms with Crippen LogP contribution in [0.3, 0.4) is 0 Å². The Morgan fingerprint density at radius 2 is 2.00 bits per heavy atom. The summed E-state index contributed by atoms with van der Waals surface area (Å²) in [4.78, 5) is 35.0. The number of amides is 2. The molecule has 6 nitrogen and oxygen atoms in total. The molecule has 2 N–H and O–H groups in total. The third-order valence-corrected chi connectivity index (χ3v) is 2.49. The van der Waals surface area contributed by atoms with Crippen LogP contribution in [0.2, 0.25) is 0 Å². The van der Waals surface area contributed by atoms with Crippen molar-refractivity contribution >= 4 is 23.5 Å². The van der Waals surface area contributed by atoms with Gasteiger partial charge in [0, 0.05) is 13.1 Å². The second kappa shape index (κ2) is 4.25. The summed E-state index contributed by atoms with van der Waals surface area (Å²) in [6.45, 7) is 0.900. The average Bonchev–Trinajstić information content (AvgIpc) is 2.74. The van der Waals surface area contributed by atoms with Crippen molar-refractivity contribution in [2.75, 3.05) is 18.0 Å². The molecular weight excluding hydrogens is 224 g/mol. The van der Waals surface area contributed by atoms with Crippen molar-refractivity contribution in [1.29, 1.82) is 0 Å². The van der Waals surface area contributed by atoms with Gasteiger partial charge in [-0.25, -0.2) is 9.59 Å². The summed E-state index contributed by atoms with van der Waals surface area (Å²) in [5.74, 6) is -2.54. The predicted molar refractivity (Wildman–Crippen MR) is 59.2 cm³/mol. The van der Waals surface area contributed by atoms with Crippen molar-refractivity contribution < 1.29 is 19.5 Å². The minimum atomic E-state index is -1.53. The van der Waals surface area contributed by atoms with E-state index in [-0.39, 0.29) is 11.6 Å². The van der Waals surface area contributed by atoms with E-state index in [1.807, 2.05) is 0 Å². The van der Waals surface area contributed by atoms with Crippen LogP contribution in [-0.4, -0.2) is 36.0 Å². The normalized spacial score (nSPS) is 14.6. The molecule has 1 aromatic rings. The maximum Gasteiger partial charge on any atom is 0.377 e. The highest BCUT2D eigenvalue weighted by molar-refractivity contribution is 6.41. The van der Waals surface area contributed by atoms with Crippen LogP contribution in [0.5, 0.6) is 0 Å². The predicted octanol–water partition coefficient (Wildman–Crippen LogP) is 0.484. The number of carbonyl (C=O) groups excluding carboxylic acids is 2. The molecule has 6 heteroatoms. The number of benzene rings is 1. The van der Waals surface area contributed by atoms with Crippen molar-refractivity contribution in [2.24, 2.45) is 0 Å². The number of Topliss-reactive ketones (excluding diaryl/α,β-unsaturated/α-hetero) is 1. The number of hydrogen-bond acceptors (Lipinski definition) is 3. The fraction of sp³-hybridized carbons (Fsp3) is 0.182. The summed E-state index contributed by atoms with van der Waals surface area (Å²) < 4.78 is 0.